The van der Waals surface area contributed by atoms with E-state index in [2.05, 4.69) is 34.8 Å². The third-order valence-corrected chi connectivity index (χ3v) is 1.59. The van der Waals surface area contributed by atoms with E-state index < -0.39 is 0 Å². The van der Waals surface area contributed by atoms with E-state index in [0.717, 1.165) is 6.54 Å². The van der Waals surface area contributed by atoms with Gasteiger partial charge in [0.2, 0.25) is 6.33 Å². The Morgan fingerprint density at radius 3 is 2.46 bits per heavy atom. The van der Waals surface area contributed by atoms with Gasteiger partial charge in [-0.05, 0) is 6.42 Å². The first-order chi connectivity index (χ1) is 6.24. The molecule has 0 amide bonds. The van der Waals surface area contributed by atoms with Gasteiger partial charge in [0.05, 0.1) is 13.6 Å². The van der Waals surface area contributed by atoms with Crippen molar-refractivity contribution >= 4 is 20.3 Å². The van der Waals surface area contributed by atoms with Gasteiger partial charge in [-0.25, -0.2) is 9.13 Å². The number of aromatic nitrogens is 2. The van der Waals surface area contributed by atoms with Crippen molar-refractivity contribution in [1.82, 2.24) is 4.57 Å². The van der Waals surface area contributed by atoms with Crippen LogP contribution in [0.2, 0.25) is 0 Å². The molecule has 0 unspecified atom stereocenters. The monoisotopic (exact) mass is 268 g/mol. The van der Waals surface area contributed by atoms with E-state index in [1.54, 1.807) is 0 Å². The maximum atomic E-state index is 4.73. The van der Waals surface area contributed by atoms with E-state index in [4.69, 9.17) is 20.3 Å². The fourth-order valence-electron chi connectivity index (χ4n) is 0.975. The summed E-state index contributed by atoms with van der Waals surface area (Å²) in [6.45, 7) is 3.36. The molecule has 13 heavy (non-hydrogen) atoms. The van der Waals surface area contributed by atoms with Crippen molar-refractivity contribution in [3.05, 3.63) is 18.7 Å². The van der Waals surface area contributed by atoms with Gasteiger partial charge in [-0.15, -0.1) is 0 Å². The Hall–Kier alpha value is 0.296. The van der Waals surface area contributed by atoms with Gasteiger partial charge in [0, 0.05) is 0 Å². The summed E-state index contributed by atoms with van der Waals surface area (Å²) in [5.74, 6) is 0. The molecule has 0 atom stereocenters. The van der Waals surface area contributed by atoms with Crippen molar-refractivity contribution in [3.63, 3.8) is 0 Å². The Labute approximate surface area is 94.3 Å². The minimum absolute atomic E-state index is 0.382. The molecule has 0 bridgehead atoms. The van der Waals surface area contributed by atoms with Crippen LogP contribution in [0.4, 0.5) is 0 Å². The molecule has 2 nitrogen and oxygen atoms in total. The van der Waals surface area contributed by atoms with Crippen molar-refractivity contribution in [2.45, 2.75) is 26.3 Å². The number of unbranched alkanes of at least 4 members (excludes halogenated alkanes) is 1. The molecule has 0 fully saturated rings. The third kappa shape index (κ3) is 7.37. The Bertz CT molecular complexity index is 216. The first-order valence-corrected chi connectivity index (χ1v) is 6.95. The van der Waals surface area contributed by atoms with Crippen molar-refractivity contribution < 1.29 is 17.5 Å². The van der Waals surface area contributed by atoms with Crippen LogP contribution in [0.15, 0.2) is 18.7 Å². The molecule has 0 spiro atoms. The number of nitrogens with zero attached hydrogens (tertiary/aromatic N) is 2. The molecule has 0 aliphatic heterocycles. The molecule has 1 aromatic rings. The normalized spacial score (nSPS) is 9.54. The van der Waals surface area contributed by atoms with E-state index in [-0.39, 0.29) is 0 Å². The van der Waals surface area contributed by atoms with E-state index in [1.807, 2.05) is 7.05 Å². The van der Waals surface area contributed by atoms with Crippen LogP contribution in [-0.2, 0) is 26.5 Å². The van der Waals surface area contributed by atoms with Crippen LogP contribution in [0.1, 0.15) is 19.8 Å². The van der Waals surface area contributed by atoms with Crippen molar-refractivity contribution in [2.24, 2.45) is 7.05 Å². The van der Waals surface area contributed by atoms with Crippen molar-refractivity contribution in [1.29, 1.82) is 0 Å². The second-order valence-electron chi connectivity index (χ2n) is 2.72. The predicted molar refractivity (Wildman–Crippen MR) is 52.2 cm³/mol. The minimum atomic E-state index is 0.382. The van der Waals surface area contributed by atoms with Gasteiger partial charge >= 0.3 is 33.2 Å². The van der Waals surface area contributed by atoms with Gasteiger partial charge < -0.3 is 0 Å². The molecule has 79 valence electrons. The molecule has 0 saturated carbocycles. The van der Waals surface area contributed by atoms with E-state index in [1.165, 1.54) is 12.8 Å². The Balaban J connectivity index is 0.000000424. The summed E-state index contributed by atoms with van der Waals surface area (Å²) in [5, 5.41) is 0. The van der Waals surface area contributed by atoms with E-state index >= 15 is 0 Å². The van der Waals surface area contributed by atoms with Crippen molar-refractivity contribution in [3.8, 4) is 0 Å². The Morgan fingerprint density at radius 1 is 1.46 bits per heavy atom. The number of hydrogen-bond acceptors (Lipinski definition) is 0. The van der Waals surface area contributed by atoms with Crippen LogP contribution >= 0.6 is 20.3 Å². The summed E-state index contributed by atoms with van der Waals surface area (Å²) >= 11 is 0.382. The molecule has 0 aliphatic rings. The van der Waals surface area contributed by atoms with Crippen LogP contribution in [0.5, 0.6) is 0 Å². The Morgan fingerprint density at radius 2 is 2.08 bits per heavy atom. The summed E-state index contributed by atoms with van der Waals surface area (Å²) in [7, 11) is 11.5. The number of halogens is 2. The quantitative estimate of drug-likeness (QED) is 0.745. The second kappa shape index (κ2) is 8.88. The zero-order valence-corrected chi connectivity index (χ0v) is 10.4. The molecule has 1 heterocycles. The maximum absolute atomic E-state index is 4.73. The van der Waals surface area contributed by atoms with Crippen LogP contribution in [-0.4, -0.2) is 4.57 Å². The summed E-state index contributed by atoms with van der Waals surface area (Å²) in [4.78, 5) is 0. The third-order valence-electron chi connectivity index (χ3n) is 1.59. The van der Waals surface area contributed by atoms with Crippen LogP contribution in [0.25, 0.3) is 0 Å². The van der Waals surface area contributed by atoms with Crippen LogP contribution in [0.3, 0.4) is 0 Å². The average Bonchev–Trinajstić information content (AvgIpc) is 2.49. The number of imidazole rings is 1. The summed E-state index contributed by atoms with van der Waals surface area (Å²) in [5.41, 5.74) is 0. The summed E-state index contributed by atoms with van der Waals surface area (Å²) < 4.78 is 4.28. The SMILES string of the molecule is CCCCn1cc[n+](C)c1.[Cl][Co][Cl]. The zero-order chi connectivity index (χ0) is 10.1. The standard InChI is InChI=1S/C8H15N2.2ClH.Co/c1-3-4-5-10-7-6-9(2)8-10;;;/h6-8H,3-5H2,1-2H3;2*1H;/q+1;;;+2/p-2. The van der Waals surface area contributed by atoms with Gasteiger partial charge in [-0.3, -0.25) is 0 Å². The number of rotatable bonds is 3. The molecule has 0 saturated heterocycles. The predicted octanol–water partition coefficient (Wildman–Crippen LogP) is 2.49. The molecule has 1 rings (SSSR count). The zero-order valence-electron chi connectivity index (χ0n) is 7.84. The van der Waals surface area contributed by atoms with Crippen LogP contribution in [0, 0.1) is 0 Å². The summed E-state index contributed by atoms with van der Waals surface area (Å²) in [6.07, 6.45) is 8.82. The van der Waals surface area contributed by atoms with Gasteiger partial charge in [0.15, 0.2) is 0 Å². The van der Waals surface area contributed by atoms with Crippen LogP contribution < -0.4 is 4.57 Å². The van der Waals surface area contributed by atoms with E-state index in [9.17, 15) is 0 Å². The fourth-order valence-corrected chi connectivity index (χ4v) is 0.975. The van der Waals surface area contributed by atoms with Gasteiger partial charge in [-0.1, -0.05) is 13.3 Å². The molecule has 0 N–H and O–H groups in total. The molecule has 0 aliphatic carbocycles. The first kappa shape index (κ1) is 13.3. The molecule has 5 heteroatoms. The fraction of sp³-hybridized carbons (Fsp3) is 0.625. The molecule has 1 aromatic heterocycles. The van der Waals surface area contributed by atoms with E-state index in [0.29, 0.717) is 12.9 Å². The van der Waals surface area contributed by atoms with Crippen molar-refractivity contribution in [2.75, 3.05) is 0 Å². The number of aryl methyl sites for hydroxylation is 2. The second-order valence-corrected chi connectivity index (χ2v) is 4.44. The van der Waals surface area contributed by atoms with Gasteiger partial charge in [0.1, 0.15) is 12.4 Å². The Kier molecular flexibility index (Phi) is 9.08. The topological polar surface area (TPSA) is 8.81 Å². The molecular formula is C8H15Cl2CoN2+. The molecule has 0 aromatic carbocycles. The first-order valence-electron chi connectivity index (χ1n) is 4.09. The van der Waals surface area contributed by atoms with Gasteiger partial charge in [-0.2, -0.15) is 0 Å². The van der Waals surface area contributed by atoms with Gasteiger partial charge in [0.25, 0.3) is 0 Å². The molecule has 0 radical (unpaired) electrons. The summed E-state index contributed by atoms with van der Waals surface area (Å²) in [6, 6.07) is 0. The number of hydrogen-bond donors (Lipinski definition) is 0. The average molecular weight is 269 g/mol. The molecular weight excluding hydrogens is 254 g/mol.